The zero-order valence-electron chi connectivity index (χ0n) is 12.6. The standard InChI is InChI=1S/C13H17ClN4O3S/c1-8(14)4-7-22-13-15-10-9(18(13)5-6-21-3)11(19)16-12(20)17(10)2/h4H,5-7H2,1-3H3,(H,16,19,20). The molecule has 2 aromatic heterocycles. The zero-order valence-corrected chi connectivity index (χ0v) is 14.1. The van der Waals surface area contributed by atoms with Crippen LogP contribution in [0.3, 0.4) is 0 Å². The molecule has 0 aliphatic rings. The minimum absolute atomic E-state index is 0.360. The SMILES string of the molecule is COCCn1c(SCC=C(C)Cl)nc2c1c(=O)[nH]c(=O)n2C. The van der Waals surface area contributed by atoms with Gasteiger partial charge in [0, 0.05) is 31.5 Å². The second-order valence-corrected chi connectivity index (χ2v) is 6.21. The van der Waals surface area contributed by atoms with E-state index >= 15 is 0 Å². The Morgan fingerprint density at radius 3 is 2.86 bits per heavy atom. The largest absolute Gasteiger partial charge is 0.383 e. The first-order valence-electron chi connectivity index (χ1n) is 6.59. The monoisotopic (exact) mass is 344 g/mol. The van der Waals surface area contributed by atoms with Gasteiger partial charge < -0.3 is 9.30 Å². The second kappa shape index (κ2) is 7.17. The average Bonchev–Trinajstić information content (AvgIpc) is 2.81. The van der Waals surface area contributed by atoms with Gasteiger partial charge in [-0.2, -0.15) is 0 Å². The molecule has 0 atom stereocenters. The summed E-state index contributed by atoms with van der Waals surface area (Å²) in [5.74, 6) is 0.623. The molecule has 0 aromatic carbocycles. The highest BCUT2D eigenvalue weighted by Crippen LogP contribution is 2.22. The van der Waals surface area contributed by atoms with Crippen LogP contribution in [0.5, 0.6) is 0 Å². The number of hydrogen-bond acceptors (Lipinski definition) is 5. The van der Waals surface area contributed by atoms with Crippen molar-refractivity contribution in [3.63, 3.8) is 0 Å². The van der Waals surface area contributed by atoms with Crippen LogP contribution in [0.25, 0.3) is 11.2 Å². The lowest BCUT2D eigenvalue weighted by Crippen LogP contribution is -2.29. The lowest BCUT2D eigenvalue weighted by Gasteiger charge is -2.06. The Morgan fingerprint density at radius 1 is 1.50 bits per heavy atom. The summed E-state index contributed by atoms with van der Waals surface area (Å²) in [6.45, 7) is 2.70. The summed E-state index contributed by atoms with van der Waals surface area (Å²) in [5.41, 5.74) is -0.202. The molecular formula is C13H17ClN4O3S. The third-order valence-corrected chi connectivity index (χ3v) is 4.13. The molecule has 0 fully saturated rings. The van der Waals surface area contributed by atoms with Crippen LogP contribution in [0.4, 0.5) is 0 Å². The van der Waals surface area contributed by atoms with Gasteiger partial charge in [0.1, 0.15) is 0 Å². The number of allylic oxidation sites excluding steroid dienone is 1. The molecule has 0 amide bonds. The first-order valence-corrected chi connectivity index (χ1v) is 7.95. The quantitative estimate of drug-likeness (QED) is 0.799. The van der Waals surface area contributed by atoms with Gasteiger partial charge in [-0.05, 0) is 6.92 Å². The van der Waals surface area contributed by atoms with Crippen LogP contribution in [-0.4, -0.2) is 38.6 Å². The molecule has 0 radical (unpaired) electrons. The fourth-order valence-electron chi connectivity index (χ4n) is 1.95. The van der Waals surface area contributed by atoms with Crippen molar-refractivity contribution in [2.24, 2.45) is 7.05 Å². The number of aromatic nitrogens is 4. The van der Waals surface area contributed by atoms with Gasteiger partial charge in [-0.15, -0.1) is 0 Å². The summed E-state index contributed by atoms with van der Waals surface area (Å²) in [6.07, 6.45) is 1.86. The fraction of sp³-hybridized carbons (Fsp3) is 0.462. The number of nitrogens with zero attached hydrogens (tertiary/aromatic N) is 3. The van der Waals surface area contributed by atoms with Crippen molar-refractivity contribution in [3.05, 3.63) is 31.9 Å². The highest BCUT2D eigenvalue weighted by molar-refractivity contribution is 7.99. The maximum Gasteiger partial charge on any atom is 0.329 e. The van der Waals surface area contributed by atoms with Crippen LogP contribution in [-0.2, 0) is 18.3 Å². The molecule has 0 aliphatic heterocycles. The maximum absolute atomic E-state index is 12.1. The second-order valence-electron chi connectivity index (χ2n) is 4.63. The van der Waals surface area contributed by atoms with E-state index in [1.165, 1.54) is 16.3 Å². The maximum atomic E-state index is 12.1. The molecule has 0 unspecified atom stereocenters. The Hall–Kier alpha value is -1.51. The smallest absolute Gasteiger partial charge is 0.329 e. The molecule has 0 saturated carbocycles. The number of fused-ring (bicyclic) bond motifs is 1. The third-order valence-electron chi connectivity index (χ3n) is 3.07. The minimum Gasteiger partial charge on any atom is -0.383 e. The highest BCUT2D eigenvalue weighted by Gasteiger charge is 2.17. The summed E-state index contributed by atoms with van der Waals surface area (Å²) in [6, 6.07) is 0. The van der Waals surface area contributed by atoms with E-state index in [9.17, 15) is 9.59 Å². The van der Waals surface area contributed by atoms with E-state index in [-0.39, 0.29) is 0 Å². The lowest BCUT2D eigenvalue weighted by molar-refractivity contribution is 0.186. The summed E-state index contributed by atoms with van der Waals surface area (Å²) < 4.78 is 8.17. The van der Waals surface area contributed by atoms with E-state index in [2.05, 4.69) is 9.97 Å². The summed E-state index contributed by atoms with van der Waals surface area (Å²) in [7, 11) is 3.16. The topological polar surface area (TPSA) is 81.9 Å². The number of rotatable bonds is 6. The van der Waals surface area contributed by atoms with E-state index in [4.69, 9.17) is 16.3 Å². The van der Waals surface area contributed by atoms with Gasteiger partial charge in [0.15, 0.2) is 16.3 Å². The Labute approximate surface area is 135 Å². The van der Waals surface area contributed by atoms with Crippen molar-refractivity contribution in [1.82, 2.24) is 19.1 Å². The van der Waals surface area contributed by atoms with E-state index in [0.717, 1.165) is 0 Å². The van der Waals surface area contributed by atoms with Gasteiger partial charge in [0.25, 0.3) is 5.56 Å². The number of imidazole rings is 1. The molecule has 22 heavy (non-hydrogen) atoms. The van der Waals surface area contributed by atoms with Crippen LogP contribution in [0, 0.1) is 0 Å². The molecule has 1 N–H and O–H groups in total. The van der Waals surface area contributed by atoms with Crippen LogP contribution in [0.2, 0.25) is 0 Å². The number of ether oxygens (including phenoxy) is 1. The molecule has 0 saturated heterocycles. The highest BCUT2D eigenvalue weighted by atomic mass is 35.5. The summed E-state index contributed by atoms with van der Waals surface area (Å²) >= 11 is 7.26. The van der Waals surface area contributed by atoms with E-state index in [1.807, 2.05) is 6.08 Å². The van der Waals surface area contributed by atoms with Gasteiger partial charge in [-0.25, -0.2) is 9.78 Å². The molecule has 7 nitrogen and oxygen atoms in total. The number of aromatic amines is 1. The van der Waals surface area contributed by atoms with Crippen molar-refractivity contribution in [3.8, 4) is 0 Å². The molecule has 0 spiro atoms. The van der Waals surface area contributed by atoms with E-state index in [1.54, 1.807) is 25.6 Å². The van der Waals surface area contributed by atoms with Gasteiger partial charge >= 0.3 is 5.69 Å². The number of nitrogens with one attached hydrogen (secondary N) is 1. The minimum atomic E-state index is -0.484. The molecule has 2 heterocycles. The zero-order chi connectivity index (χ0) is 16.3. The number of methoxy groups -OCH3 is 1. The first-order chi connectivity index (χ1) is 10.5. The van der Waals surface area contributed by atoms with Crippen LogP contribution < -0.4 is 11.2 Å². The number of hydrogen-bond donors (Lipinski definition) is 1. The molecule has 2 rings (SSSR count). The average molecular weight is 345 g/mol. The first kappa shape index (κ1) is 16.9. The van der Waals surface area contributed by atoms with E-state index in [0.29, 0.717) is 40.3 Å². The molecular weight excluding hydrogens is 328 g/mol. The van der Waals surface area contributed by atoms with Crippen molar-refractivity contribution >= 4 is 34.5 Å². The molecule has 2 aromatic rings. The Bertz CT molecular complexity index is 817. The third kappa shape index (κ3) is 3.45. The Kier molecular flexibility index (Phi) is 5.49. The van der Waals surface area contributed by atoms with Gasteiger partial charge in [0.2, 0.25) is 0 Å². The normalized spacial score (nSPS) is 12.3. The van der Waals surface area contributed by atoms with Crippen molar-refractivity contribution < 1.29 is 4.74 Å². The van der Waals surface area contributed by atoms with Crippen molar-refractivity contribution in [2.45, 2.75) is 18.6 Å². The fourth-order valence-corrected chi connectivity index (χ4v) is 3.09. The molecule has 9 heteroatoms. The van der Waals surface area contributed by atoms with E-state index < -0.39 is 11.2 Å². The lowest BCUT2D eigenvalue weighted by atomic mass is 10.5. The summed E-state index contributed by atoms with van der Waals surface area (Å²) in [5, 5.41) is 1.34. The number of thioether (sulfide) groups is 1. The van der Waals surface area contributed by atoms with Gasteiger partial charge in [-0.1, -0.05) is 29.4 Å². The van der Waals surface area contributed by atoms with Crippen LogP contribution in [0.15, 0.2) is 25.9 Å². The van der Waals surface area contributed by atoms with Gasteiger partial charge in [0.05, 0.1) is 6.61 Å². The predicted molar refractivity (Wildman–Crippen MR) is 87.8 cm³/mol. The number of aryl methyl sites for hydroxylation is 1. The van der Waals surface area contributed by atoms with Crippen molar-refractivity contribution in [2.75, 3.05) is 19.5 Å². The molecule has 0 aliphatic carbocycles. The van der Waals surface area contributed by atoms with Crippen LogP contribution in [0.1, 0.15) is 6.92 Å². The number of halogens is 1. The van der Waals surface area contributed by atoms with Gasteiger partial charge in [-0.3, -0.25) is 14.3 Å². The number of H-pyrrole nitrogens is 1. The molecule has 0 bridgehead atoms. The summed E-state index contributed by atoms with van der Waals surface area (Å²) in [4.78, 5) is 30.5. The molecule has 120 valence electrons. The van der Waals surface area contributed by atoms with Crippen molar-refractivity contribution in [1.29, 1.82) is 0 Å². The van der Waals surface area contributed by atoms with Crippen LogP contribution >= 0.6 is 23.4 Å². The Balaban J connectivity index is 2.56. The Morgan fingerprint density at radius 2 is 2.23 bits per heavy atom. The predicted octanol–water partition coefficient (Wildman–Crippen LogP) is 1.30.